The van der Waals surface area contributed by atoms with E-state index in [1.165, 1.54) is 0 Å². The second kappa shape index (κ2) is 6.65. The van der Waals surface area contributed by atoms with Crippen LogP contribution in [0.1, 0.15) is 12.8 Å². The number of benzene rings is 1. The van der Waals surface area contributed by atoms with E-state index < -0.39 is 24.4 Å². The molecule has 110 valence electrons. The first-order valence-corrected chi connectivity index (χ1v) is 6.55. The van der Waals surface area contributed by atoms with Gasteiger partial charge in [-0.2, -0.15) is 8.78 Å². The average molecular weight is 285 g/mol. The molecule has 1 heterocycles. The maximum Gasteiger partial charge on any atom is 0.377 e. The summed E-state index contributed by atoms with van der Waals surface area (Å²) in [6, 6.07) is 9.43. The minimum absolute atomic E-state index is 0.243. The van der Waals surface area contributed by atoms with E-state index >= 15 is 0 Å². The number of cyclic esters (lactones) is 1. The van der Waals surface area contributed by atoms with Crippen molar-refractivity contribution in [3.05, 3.63) is 30.3 Å². The third-order valence-electron chi connectivity index (χ3n) is 2.94. The van der Waals surface area contributed by atoms with Crippen LogP contribution in [0.25, 0.3) is 0 Å². The molecule has 1 fully saturated rings. The Hall–Kier alpha value is -1.69. The standard InChI is InChI=1S/C14H17F2NO3/c15-14(16)9-12(20-13(14)18)10-17-7-4-8-19-11-5-2-1-3-6-11/h1-3,5-6,12,17H,4,7-10H2. The number of alkyl halides is 2. The maximum absolute atomic E-state index is 12.9. The fraction of sp³-hybridized carbons (Fsp3) is 0.500. The zero-order valence-electron chi connectivity index (χ0n) is 11.0. The molecule has 6 heteroatoms. The molecule has 4 nitrogen and oxygen atoms in total. The molecule has 2 rings (SSSR count). The smallest absolute Gasteiger partial charge is 0.377 e. The zero-order valence-corrected chi connectivity index (χ0v) is 11.0. The molecule has 1 aromatic carbocycles. The Morgan fingerprint density at radius 2 is 2.10 bits per heavy atom. The number of para-hydroxylation sites is 1. The third-order valence-corrected chi connectivity index (χ3v) is 2.94. The first kappa shape index (κ1) is 14.7. The van der Waals surface area contributed by atoms with E-state index in [-0.39, 0.29) is 6.54 Å². The molecule has 1 N–H and O–H groups in total. The quantitative estimate of drug-likeness (QED) is 0.615. The van der Waals surface area contributed by atoms with Crippen LogP contribution in [-0.4, -0.2) is 37.7 Å². The molecule has 1 aromatic rings. The summed E-state index contributed by atoms with van der Waals surface area (Å²) in [6.07, 6.45) is -0.543. The summed E-state index contributed by atoms with van der Waals surface area (Å²) in [5.41, 5.74) is 0. The van der Waals surface area contributed by atoms with E-state index in [2.05, 4.69) is 10.1 Å². The molecule has 0 aromatic heterocycles. The molecule has 1 atom stereocenters. The minimum Gasteiger partial charge on any atom is -0.494 e. The lowest BCUT2D eigenvalue weighted by atomic mass is 10.2. The van der Waals surface area contributed by atoms with Gasteiger partial charge in [0.25, 0.3) is 0 Å². The van der Waals surface area contributed by atoms with Gasteiger partial charge in [-0.3, -0.25) is 0 Å². The molecular weight excluding hydrogens is 268 g/mol. The van der Waals surface area contributed by atoms with Gasteiger partial charge in [-0.15, -0.1) is 0 Å². The Kier molecular flexibility index (Phi) is 4.89. The van der Waals surface area contributed by atoms with Gasteiger partial charge < -0.3 is 14.8 Å². The summed E-state index contributed by atoms with van der Waals surface area (Å²) >= 11 is 0. The lowest BCUT2D eigenvalue weighted by Crippen LogP contribution is -2.28. The van der Waals surface area contributed by atoms with E-state index in [9.17, 15) is 13.6 Å². The molecule has 0 saturated carbocycles. The van der Waals surface area contributed by atoms with E-state index in [0.29, 0.717) is 13.2 Å². The number of hydrogen-bond acceptors (Lipinski definition) is 4. The van der Waals surface area contributed by atoms with Crippen molar-refractivity contribution in [2.24, 2.45) is 0 Å². The third kappa shape index (κ3) is 4.16. The van der Waals surface area contributed by atoms with Crippen LogP contribution in [0.4, 0.5) is 8.78 Å². The zero-order chi connectivity index (χ0) is 14.4. The summed E-state index contributed by atoms with van der Waals surface area (Å²) in [6.45, 7) is 1.40. The van der Waals surface area contributed by atoms with Crippen molar-refractivity contribution >= 4 is 5.97 Å². The molecule has 0 spiro atoms. The average Bonchev–Trinajstić information content (AvgIpc) is 2.68. The van der Waals surface area contributed by atoms with E-state index in [4.69, 9.17) is 4.74 Å². The molecule has 0 aliphatic carbocycles. The van der Waals surface area contributed by atoms with Gasteiger partial charge >= 0.3 is 11.9 Å². The molecule has 1 unspecified atom stereocenters. The minimum atomic E-state index is -3.33. The number of nitrogens with one attached hydrogen (secondary N) is 1. The Morgan fingerprint density at radius 3 is 2.75 bits per heavy atom. The van der Waals surface area contributed by atoms with Crippen LogP contribution in [0, 0.1) is 0 Å². The van der Waals surface area contributed by atoms with Gasteiger partial charge in [-0.05, 0) is 25.1 Å². The second-order valence-electron chi connectivity index (χ2n) is 4.66. The number of halogens is 2. The highest BCUT2D eigenvalue weighted by molar-refractivity contribution is 5.79. The van der Waals surface area contributed by atoms with E-state index in [0.717, 1.165) is 12.2 Å². The van der Waals surface area contributed by atoms with Gasteiger partial charge in [0.1, 0.15) is 11.9 Å². The van der Waals surface area contributed by atoms with Crippen LogP contribution in [-0.2, 0) is 9.53 Å². The topological polar surface area (TPSA) is 47.6 Å². The Bertz CT molecular complexity index is 439. The van der Waals surface area contributed by atoms with Crippen LogP contribution in [0.2, 0.25) is 0 Å². The molecule has 1 aliphatic heterocycles. The number of hydrogen-bond donors (Lipinski definition) is 1. The van der Waals surface area contributed by atoms with Crippen LogP contribution < -0.4 is 10.1 Å². The normalized spacial score (nSPS) is 20.7. The van der Waals surface area contributed by atoms with Gasteiger partial charge in [0, 0.05) is 6.54 Å². The van der Waals surface area contributed by atoms with Crippen molar-refractivity contribution in [3.63, 3.8) is 0 Å². The van der Waals surface area contributed by atoms with Gasteiger partial charge in [0.15, 0.2) is 0 Å². The van der Waals surface area contributed by atoms with Crippen LogP contribution in [0.15, 0.2) is 30.3 Å². The predicted octanol–water partition coefficient (Wildman–Crippen LogP) is 2.00. The van der Waals surface area contributed by atoms with Gasteiger partial charge in [-0.25, -0.2) is 4.79 Å². The summed E-state index contributed by atoms with van der Waals surface area (Å²) in [5.74, 6) is -3.95. The molecule has 0 radical (unpaired) electrons. The van der Waals surface area contributed by atoms with Crippen molar-refractivity contribution in [3.8, 4) is 5.75 Å². The Balaban J connectivity index is 1.53. The van der Waals surface area contributed by atoms with Crippen molar-refractivity contribution in [2.45, 2.75) is 24.9 Å². The Labute approximate surface area is 116 Å². The summed E-state index contributed by atoms with van der Waals surface area (Å²) in [5, 5.41) is 2.98. The van der Waals surface area contributed by atoms with Gasteiger partial charge in [0.2, 0.25) is 0 Å². The highest BCUT2D eigenvalue weighted by Crippen LogP contribution is 2.30. The second-order valence-corrected chi connectivity index (χ2v) is 4.66. The number of carbonyl (C=O) groups is 1. The van der Waals surface area contributed by atoms with Crippen LogP contribution in [0.5, 0.6) is 5.75 Å². The molecule has 0 amide bonds. The molecule has 0 bridgehead atoms. The van der Waals surface area contributed by atoms with Crippen LogP contribution in [0.3, 0.4) is 0 Å². The number of esters is 1. The highest BCUT2D eigenvalue weighted by Gasteiger charge is 2.50. The maximum atomic E-state index is 12.9. The summed E-state index contributed by atoms with van der Waals surface area (Å²) in [4.78, 5) is 10.8. The molecule has 1 saturated heterocycles. The van der Waals surface area contributed by atoms with E-state index in [1.54, 1.807) is 0 Å². The van der Waals surface area contributed by atoms with Crippen molar-refractivity contribution in [2.75, 3.05) is 19.7 Å². The lowest BCUT2D eigenvalue weighted by Gasteiger charge is -2.10. The summed E-state index contributed by atoms with van der Waals surface area (Å²) in [7, 11) is 0. The van der Waals surface area contributed by atoms with Crippen LogP contribution >= 0.6 is 0 Å². The largest absolute Gasteiger partial charge is 0.494 e. The first-order chi connectivity index (χ1) is 9.58. The van der Waals surface area contributed by atoms with Crippen molar-refractivity contribution in [1.29, 1.82) is 0 Å². The fourth-order valence-electron chi connectivity index (χ4n) is 1.93. The SMILES string of the molecule is O=C1OC(CNCCCOc2ccccc2)CC1(F)F. The van der Waals surface area contributed by atoms with Gasteiger partial charge in [-0.1, -0.05) is 18.2 Å². The monoisotopic (exact) mass is 285 g/mol. The summed E-state index contributed by atoms with van der Waals surface area (Å²) < 4.78 is 35.8. The van der Waals surface area contributed by atoms with Gasteiger partial charge in [0.05, 0.1) is 13.0 Å². The lowest BCUT2D eigenvalue weighted by molar-refractivity contribution is -0.159. The van der Waals surface area contributed by atoms with E-state index in [1.807, 2.05) is 30.3 Å². The fourth-order valence-corrected chi connectivity index (χ4v) is 1.93. The predicted molar refractivity (Wildman–Crippen MR) is 68.9 cm³/mol. The highest BCUT2D eigenvalue weighted by atomic mass is 19.3. The molecule has 20 heavy (non-hydrogen) atoms. The van der Waals surface area contributed by atoms with Crippen molar-refractivity contribution < 1.29 is 23.0 Å². The van der Waals surface area contributed by atoms with Crippen molar-refractivity contribution in [1.82, 2.24) is 5.32 Å². The number of carbonyl (C=O) groups excluding carboxylic acids is 1. The molecule has 1 aliphatic rings. The number of ether oxygens (including phenoxy) is 2. The molecular formula is C14H17F2NO3. The first-order valence-electron chi connectivity index (χ1n) is 6.55. The Morgan fingerprint density at radius 1 is 1.35 bits per heavy atom. The number of rotatable bonds is 7.